The molecule has 0 atom stereocenters. The maximum atomic E-state index is 5.25. The molecule has 0 saturated carbocycles. The monoisotopic (exact) mass is 529 g/mol. The molecule has 0 N–H and O–H groups in total. The number of hydrogen-bond donors (Lipinski definition) is 1. The minimum atomic E-state index is 0. The third-order valence-corrected chi connectivity index (χ3v) is 4.37. The molecule has 0 spiro atoms. The average molecular weight is 530 g/mol. The fourth-order valence-corrected chi connectivity index (χ4v) is 2.85. The topological polar surface area (TPSA) is 3.24 Å². The van der Waals surface area contributed by atoms with Crippen molar-refractivity contribution in [2.45, 2.75) is 90.9 Å². The van der Waals surface area contributed by atoms with Gasteiger partial charge in [0.1, 0.15) is 4.32 Å². The van der Waals surface area contributed by atoms with Gasteiger partial charge < -0.3 is 4.90 Å². The van der Waals surface area contributed by atoms with Crippen LogP contribution in [0.2, 0.25) is 0 Å². The van der Waals surface area contributed by atoms with Crippen molar-refractivity contribution in [1.29, 1.82) is 0 Å². The number of thiol groups is 1. The van der Waals surface area contributed by atoms with Crippen LogP contribution in [0.25, 0.3) is 0 Å². The van der Waals surface area contributed by atoms with Crippen LogP contribution in [-0.2, 0) is 0 Å². The van der Waals surface area contributed by atoms with E-state index in [-0.39, 0.29) is 26.2 Å². The van der Waals surface area contributed by atoms with Gasteiger partial charge in [0.25, 0.3) is 0 Å². The summed E-state index contributed by atoms with van der Waals surface area (Å²) in [5, 5.41) is 0. The van der Waals surface area contributed by atoms with E-state index in [9.17, 15) is 0 Å². The molecule has 0 aromatic rings. The zero-order valence-corrected chi connectivity index (χ0v) is 21.6. The molecule has 0 rings (SSSR count). The van der Waals surface area contributed by atoms with Crippen LogP contribution in [0, 0.1) is 0 Å². The first-order valence-corrected chi connectivity index (χ1v) is 9.55. The van der Waals surface area contributed by atoms with Crippen LogP contribution in [0.15, 0.2) is 0 Å². The van der Waals surface area contributed by atoms with Crippen molar-refractivity contribution < 1.29 is 0 Å². The van der Waals surface area contributed by atoms with Gasteiger partial charge in [-0.2, -0.15) is 0 Å². The van der Waals surface area contributed by atoms with Crippen molar-refractivity contribution >= 4 is 55.4 Å². The summed E-state index contributed by atoms with van der Waals surface area (Å²) in [6.07, 6.45) is 16.1. The molecule has 0 aromatic carbocycles. The van der Waals surface area contributed by atoms with Crippen molar-refractivity contribution in [3.63, 3.8) is 0 Å². The van der Waals surface area contributed by atoms with Crippen LogP contribution >= 0.6 is 24.8 Å². The molecule has 0 aliphatic rings. The molecule has 21 heavy (non-hydrogen) atoms. The van der Waals surface area contributed by atoms with Crippen molar-refractivity contribution in [3.05, 3.63) is 0 Å². The number of nitrogens with zero attached hydrogens (tertiary/aromatic N) is 1. The summed E-state index contributed by atoms with van der Waals surface area (Å²) in [6.45, 7) is 6.73. The van der Waals surface area contributed by atoms with Crippen LogP contribution < -0.4 is 0 Å². The first-order valence-electron chi connectivity index (χ1n) is 8.70. The van der Waals surface area contributed by atoms with Crippen LogP contribution in [0.4, 0.5) is 0 Å². The number of hydrogen-bond acceptors (Lipinski definition) is 1. The van der Waals surface area contributed by atoms with E-state index in [0.717, 1.165) is 17.4 Å². The van der Waals surface area contributed by atoms with E-state index in [2.05, 4.69) is 31.4 Å². The van der Waals surface area contributed by atoms with Gasteiger partial charge in [0, 0.05) is 13.1 Å². The first-order chi connectivity index (χ1) is 9.72. The Morgan fingerprint density at radius 3 is 1.38 bits per heavy atom. The second kappa shape index (κ2) is 19.2. The minimum absolute atomic E-state index is 0. The van der Waals surface area contributed by atoms with E-state index >= 15 is 0 Å². The van der Waals surface area contributed by atoms with Crippen LogP contribution in [0.1, 0.15) is 90.9 Å². The van der Waals surface area contributed by atoms with Crippen LogP contribution in [0.3, 0.4) is 0 Å². The molecular formula is C17H38BiNS2. The Balaban J connectivity index is 0. The van der Waals surface area contributed by atoms with E-state index in [1.807, 2.05) is 0 Å². The predicted octanol–water partition coefficient (Wildman–Crippen LogP) is 5.04. The molecule has 0 saturated heterocycles. The summed E-state index contributed by atoms with van der Waals surface area (Å²) >= 11 is 9.61. The van der Waals surface area contributed by atoms with Gasteiger partial charge in [-0.1, -0.05) is 90.3 Å². The summed E-state index contributed by atoms with van der Waals surface area (Å²) < 4.78 is 0.784. The molecule has 4 heteroatoms. The standard InChI is InChI=1S/C17H35NS2.Bi.3H/c1-3-5-7-9-11-13-15-18(17(19)20)16-14-12-10-8-6-4-2;;;;/h3-16H2,1-2H3,(H,19,20);;;;. The summed E-state index contributed by atoms with van der Waals surface area (Å²) in [5.41, 5.74) is 0. The molecule has 0 aliphatic carbocycles. The van der Waals surface area contributed by atoms with Crippen LogP contribution in [-0.4, -0.2) is 48.5 Å². The van der Waals surface area contributed by atoms with E-state index in [1.165, 1.54) is 77.0 Å². The Hall–Kier alpha value is 1.12. The van der Waals surface area contributed by atoms with E-state index < -0.39 is 0 Å². The number of rotatable bonds is 14. The molecule has 0 aliphatic heterocycles. The van der Waals surface area contributed by atoms with Crippen molar-refractivity contribution in [1.82, 2.24) is 4.90 Å². The molecule has 0 fully saturated rings. The number of thiocarbonyl (C=S) groups is 1. The molecule has 0 bridgehead atoms. The van der Waals surface area contributed by atoms with Gasteiger partial charge in [0.2, 0.25) is 0 Å². The van der Waals surface area contributed by atoms with Crippen LogP contribution in [0.5, 0.6) is 0 Å². The van der Waals surface area contributed by atoms with Gasteiger partial charge in [0.05, 0.1) is 0 Å². The van der Waals surface area contributed by atoms with Gasteiger partial charge in [-0.15, -0.1) is 12.6 Å². The molecular weight excluding hydrogens is 491 g/mol. The molecule has 0 unspecified atom stereocenters. The summed E-state index contributed by atoms with van der Waals surface area (Å²) in [5.74, 6) is 0. The molecule has 0 amide bonds. The zero-order chi connectivity index (χ0) is 15.1. The average Bonchev–Trinajstić information content (AvgIpc) is 2.43. The SMILES string of the molecule is CCCCCCCCN(CCCCCCCC)C(=S)S.[BiH3]. The number of unbranched alkanes of at least 4 members (excludes halogenated alkanes) is 10. The van der Waals surface area contributed by atoms with E-state index in [4.69, 9.17) is 12.2 Å². The van der Waals surface area contributed by atoms with Gasteiger partial charge in [-0.05, 0) is 12.8 Å². The third kappa shape index (κ3) is 17.3. The fraction of sp³-hybridized carbons (Fsp3) is 0.941. The van der Waals surface area contributed by atoms with Crippen molar-refractivity contribution in [3.8, 4) is 0 Å². The maximum absolute atomic E-state index is 5.25. The Kier molecular flexibility index (Phi) is 22.3. The van der Waals surface area contributed by atoms with Gasteiger partial charge >= 0.3 is 26.2 Å². The van der Waals surface area contributed by atoms with E-state index in [0.29, 0.717) is 0 Å². The Labute approximate surface area is 163 Å². The first kappa shape index (κ1) is 24.4. The van der Waals surface area contributed by atoms with Gasteiger partial charge in [0.15, 0.2) is 0 Å². The van der Waals surface area contributed by atoms with Gasteiger partial charge in [-0.25, -0.2) is 0 Å². The molecule has 1 nitrogen and oxygen atoms in total. The second-order valence-corrected chi connectivity index (χ2v) is 6.92. The third-order valence-electron chi connectivity index (χ3n) is 3.83. The molecule has 0 radical (unpaired) electrons. The molecule has 0 heterocycles. The van der Waals surface area contributed by atoms with E-state index in [1.54, 1.807) is 0 Å². The quantitative estimate of drug-likeness (QED) is 0.145. The predicted molar refractivity (Wildman–Crippen MR) is 110 cm³/mol. The second-order valence-electron chi connectivity index (χ2n) is 5.81. The van der Waals surface area contributed by atoms with Crippen molar-refractivity contribution in [2.75, 3.05) is 13.1 Å². The van der Waals surface area contributed by atoms with Crippen molar-refractivity contribution in [2.24, 2.45) is 0 Å². The zero-order valence-electron chi connectivity index (χ0n) is 14.4. The summed E-state index contributed by atoms with van der Waals surface area (Å²) in [4.78, 5) is 2.29. The fourth-order valence-electron chi connectivity index (χ4n) is 2.47. The Morgan fingerprint density at radius 1 is 0.714 bits per heavy atom. The molecule has 0 aromatic heterocycles. The summed E-state index contributed by atoms with van der Waals surface area (Å²) in [6, 6.07) is 0. The molecule has 128 valence electrons. The Bertz CT molecular complexity index is 209. The Morgan fingerprint density at radius 2 is 1.05 bits per heavy atom. The summed E-state index contributed by atoms with van der Waals surface area (Å²) in [7, 11) is 0. The van der Waals surface area contributed by atoms with Gasteiger partial charge in [-0.3, -0.25) is 0 Å². The normalized spacial score (nSPS) is 10.2.